The molecule has 0 bridgehead atoms. The third-order valence-electron chi connectivity index (χ3n) is 3.33. The Kier molecular flexibility index (Phi) is 6.29. The van der Waals surface area contributed by atoms with E-state index in [2.05, 4.69) is 24.1 Å². The minimum atomic E-state index is -3.28. The SMILES string of the molecule is CCN(CC)CCCNc1cccc(S(C)(=O)=O)c1N. The van der Waals surface area contributed by atoms with Gasteiger partial charge in [0.25, 0.3) is 0 Å². The second-order valence-corrected chi connectivity index (χ2v) is 6.78. The van der Waals surface area contributed by atoms with Gasteiger partial charge < -0.3 is 16.0 Å². The lowest BCUT2D eigenvalue weighted by molar-refractivity contribution is 0.303. The van der Waals surface area contributed by atoms with Crippen molar-refractivity contribution in [3.05, 3.63) is 18.2 Å². The Bertz CT molecular complexity index is 525. The van der Waals surface area contributed by atoms with Crippen molar-refractivity contribution in [2.45, 2.75) is 25.2 Å². The van der Waals surface area contributed by atoms with Crippen LogP contribution in [0.15, 0.2) is 23.1 Å². The predicted octanol–water partition coefficient (Wildman–Crippen LogP) is 1.82. The summed E-state index contributed by atoms with van der Waals surface area (Å²) >= 11 is 0. The van der Waals surface area contributed by atoms with Crippen molar-refractivity contribution in [3.8, 4) is 0 Å². The first kappa shape index (κ1) is 16.8. The minimum absolute atomic E-state index is 0.186. The molecule has 0 aliphatic heterocycles. The fraction of sp³-hybridized carbons (Fsp3) is 0.571. The number of para-hydroxylation sites is 1. The Balaban J connectivity index is 2.62. The van der Waals surface area contributed by atoms with Crippen molar-refractivity contribution in [2.75, 3.05) is 43.5 Å². The number of nitrogens with zero attached hydrogens (tertiary/aromatic N) is 1. The van der Waals surface area contributed by atoms with Crippen LogP contribution in [0.4, 0.5) is 11.4 Å². The van der Waals surface area contributed by atoms with Crippen LogP contribution in [0.5, 0.6) is 0 Å². The van der Waals surface area contributed by atoms with Crippen LogP contribution in [0.25, 0.3) is 0 Å². The first-order valence-electron chi connectivity index (χ1n) is 6.94. The van der Waals surface area contributed by atoms with Crippen LogP contribution in [-0.4, -0.2) is 45.8 Å². The molecule has 0 aliphatic carbocycles. The molecular formula is C14H25N3O2S. The third kappa shape index (κ3) is 4.68. The van der Waals surface area contributed by atoms with Crippen molar-refractivity contribution >= 4 is 21.2 Å². The number of nitrogens with one attached hydrogen (secondary N) is 1. The fourth-order valence-electron chi connectivity index (χ4n) is 2.09. The molecule has 1 aromatic rings. The van der Waals surface area contributed by atoms with Gasteiger partial charge in [-0.15, -0.1) is 0 Å². The summed E-state index contributed by atoms with van der Waals surface area (Å²) < 4.78 is 23.2. The van der Waals surface area contributed by atoms with Crippen LogP contribution in [-0.2, 0) is 9.84 Å². The Labute approximate surface area is 122 Å². The first-order chi connectivity index (χ1) is 9.40. The topological polar surface area (TPSA) is 75.4 Å². The Morgan fingerprint density at radius 2 is 1.90 bits per heavy atom. The van der Waals surface area contributed by atoms with E-state index in [0.717, 1.165) is 32.6 Å². The van der Waals surface area contributed by atoms with Gasteiger partial charge in [0.05, 0.1) is 16.3 Å². The lowest BCUT2D eigenvalue weighted by atomic mass is 10.2. The molecule has 0 heterocycles. The number of nitrogen functional groups attached to an aromatic ring is 1. The number of sulfone groups is 1. The van der Waals surface area contributed by atoms with Gasteiger partial charge in [-0.25, -0.2) is 8.42 Å². The van der Waals surface area contributed by atoms with E-state index in [1.165, 1.54) is 12.3 Å². The summed E-state index contributed by atoms with van der Waals surface area (Å²) in [6, 6.07) is 5.05. The summed E-state index contributed by atoms with van der Waals surface area (Å²) in [4.78, 5) is 2.53. The molecule has 0 aromatic heterocycles. The van der Waals surface area contributed by atoms with Crippen LogP contribution < -0.4 is 11.1 Å². The molecule has 20 heavy (non-hydrogen) atoms. The summed E-state index contributed by atoms with van der Waals surface area (Å²) in [5.74, 6) is 0. The average molecular weight is 299 g/mol. The highest BCUT2D eigenvalue weighted by Crippen LogP contribution is 2.26. The fourth-order valence-corrected chi connectivity index (χ4v) is 2.92. The zero-order valence-electron chi connectivity index (χ0n) is 12.5. The van der Waals surface area contributed by atoms with E-state index in [0.29, 0.717) is 11.4 Å². The third-order valence-corrected chi connectivity index (χ3v) is 4.48. The highest BCUT2D eigenvalue weighted by molar-refractivity contribution is 7.90. The Morgan fingerprint density at radius 1 is 1.25 bits per heavy atom. The second kappa shape index (κ2) is 7.50. The van der Waals surface area contributed by atoms with E-state index in [9.17, 15) is 8.42 Å². The molecule has 0 spiro atoms. The van der Waals surface area contributed by atoms with Crippen molar-refractivity contribution in [1.82, 2.24) is 4.90 Å². The van der Waals surface area contributed by atoms with Crippen LogP contribution >= 0.6 is 0 Å². The number of benzene rings is 1. The van der Waals surface area contributed by atoms with Gasteiger partial charge in [0, 0.05) is 12.8 Å². The molecule has 5 nitrogen and oxygen atoms in total. The monoisotopic (exact) mass is 299 g/mol. The summed E-state index contributed by atoms with van der Waals surface area (Å²) in [5, 5.41) is 3.21. The summed E-state index contributed by atoms with van der Waals surface area (Å²) in [6.07, 6.45) is 2.16. The maximum atomic E-state index is 11.6. The number of anilines is 2. The zero-order chi connectivity index (χ0) is 15.2. The van der Waals surface area contributed by atoms with Crippen molar-refractivity contribution in [3.63, 3.8) is 0 Å². The molecule has 0 saturated carbocycles. The Hall–Kier alpha value is -1.27. The highest BCUT2D eigenvalue weighted by atomic mass is 32.2. The van der Waals surface area contributed by atoms with E-state index in [-0.39, 0.29) is 4.90 Å². The number of hydrogen-bond acceptors (Lipinski definition) is 5. The molecule has 0 fully saturated rings. The quantitative estimate of drug-likeness (QED) is 0.565. The molecule has 3 N–H and O–H groups in total. The molecule has 114 valence electrons. The minimum Gasteiger partial charge on any atom is -0.396 e. The lowest BCUT2D eigenvalue weighted by Crippen LogP contribution is -2.25. The smallest absolute Gasteiger partial charge is 0.177 e. The summed E-state index contributed by atoms with van der Waals surface area (Å²) in [6.45, 7) is 8.17. The van der Waals surface area contributed by atoms with Gasteiger partial charge in [0.2, 0.25) is 0 Å². The van der Waals surface area contributed by atoms with Crippen molar-refractivity contribution < 1.29 is 8.42 Å². The predicted molar refractivity (Wildman–Crippen MR) is 84.9 cm³/mol. The van der Waals surface area contributed by atoms with Crippen LogP contribution in [0.1, 0.15) is 20.3 Å². The summed E-state index contributed by atoms with van der Waals surface area (Å²) in [5.41, 5.74) is 6.90. The van der Waals surface area contributed by atoms with Gasteiger partial charge in [-0.05, 0) is 38.2 Å². The van der Waals surface area contributed by atoms with Crippen LogP contribution in [0.2, 0.25) is 0 Å². The van der Waals surface area contributed by atoms with Gasteiger partial charge >= 0.3 is 0 Å². The molecule has 0 amide bonds. The van der Waals surface area contributed by atoms with Crippen molar-refractivity contribution in [1.29, 1.82) is 0 Å². The molecule has 0 unspecified atom stereocenters. The maximum absolute atomic E-state index is 11.6. The molecule has 0 saturated heterocycles. The van der Waals surface area contributed by atoms with Gasteiger partial charge in [-0.2, -0.15) is 0 Å². The normalized spacial score (nSPS) is 11.8. The van der Waals surface area contributed by atoms with E-state index < -0.39 is 9.84 Å². The standard InChI is InChI=1S/C14H25N3O2S/c1-4-17(5-2)11-7-10-16-12-8-6-9-13(14(12)15)20(3,18)19/h6,8-9,16H,4-5,7,10-11,15H2,1-3H3. The molecule has 0 radical (unpaired) electrons. The van der Waals surface area contributed by atoms with Gasteiger partial charge in [0.15, 0.2) is 9.84 Å². The van der Waals surface area contributed by atoms with E-state index in [1.807, 2.05) is 0 Å². The highest BCUT2D eigenvalue weighted by Gasteiger charge is 2.13. The van der Waals surface area contributed by atoms with Crippen molar-refractivity contribution in [2.24, 2.45) is 0 Å². The van der Waals surface area contributed by atoms with Gasteiger partial charge in [-0.1, -0.05) is 19.9 Å². The van der Waals surface area contributed by atoms with E-state index >= 15 is 0 Å². The first-order valence-corrected chi connectivity index (χ1v) is 8.84. The molecule has 0 atom stereocenters. The average Bonchev–Trinajstić information content (AvgIpc) is 2.39. The van der Waals surface area contributed by atoms with Crippen LogP contribution in [0.3, 0.4) is 0 Å². The molecule has 1 aromatic carbocycles. The van der Waals surface area contributed by atoms with E-state index in [1.54, 1.807) is 12.1 Å². The van der Waals surface area contributed by atoms with Crippen LogP contribution in [0, 0.1) is 0 Å². The largest absolute Gasteiger partial charge is 0.396 e. The zero-order valence-corrected chi connectivity index (χ0v) is 13.3. The lowest BCUT2D eigenvalue weighted by Gasteiger charge is -2.18. The second-order valence-electron chi connectivity index (χ2n) is 4.80. The molecule has 0 aliphatic rings. The Morgan fingerprint density at radius 3 is 2.45 bits per heavy atom. The number of rotatable bonds is 8. The summed E-state index contributed by atoms with van der Waals surface area (Å²) in [7, 11) is -3.28. The molecule has 1 rings (SSSR count). The van der Waals surface area contributed by atoms with Gasteiger partial charge in [-0.3, -0.25) is 0 Å². The number of nitrogens with two attached hydrogens (primary N) is 1. The van der Waals surface area contributed by atoms with Gasteiger partial charge in [0.1, 0.15) is 0 Å². The molecule has 6 heteroatoms. The van der Waals surface area contributed by atoms with E-state index in [4.69, 9.17) is 5.73 Å². The maximum Gasteiger partial charge on any atom is 0.177 e. The number of hydrogen-bond donors (Lipinski definition) is 2. The molecular weight excluding hydrogens is 274 g/mol.